The summed E-state index contributed by atoms with van der Waals surface area (Å²) in [4.78, 5) is 19.8. The van der Waals surface area contributed by atoms with Gasteiger partial charge >= 0.3 is 0 Å². The number of aromatic nitrogens is 1. The molecule has 2 aromatic carbocycles. The van der Waals surface area contributed by atoms with Crippen LogP contribution in [0.15, 0.2) is 70.7 Å². The van der Waals surface area contributed by atoms with Crippen molar-refractivity contribution in [1.29, 1.82) is 0 Å². The highest BCUT2D eigenvalue weighted by Gasteiger charge is 2.23. The number of carbonyl (C=O) groups is 1. The molecule has 4 aromatic rings. The second-order valence-corrected chi connectivity index (χ2v) is 7.76. The fraction of sp³-hybridized carbons (Fsp3) is 0.167. The number of hydrogen-bond donors (Lipinski definition) is 0. The molecule has 0 saturated heterocycles. The van der Waals surface area contributed by atoms with Crippen LogP contribution in [0.1, 0.15) is 21.7 Å². The molecule has 0 spiro atoms. The molecule has 0 unspecified atom stereocenters. The van der Waals surface area contributed by atoms with Crippen LogP contribution in [-0.2, 0) is 6.54 Å². The lowest BCUT2D eigenvalue weighted by molar-refractivity contribution is 0.0983. The van der Waals surface area contributed by atoms with Crippen molar-refractivity contribution in [2.75, 3.05) is 19.1 Å². The number of furan rings is 1. The van der Waals surface area contributed by atoms with Gasteiger partial charge in [-0.2, -0.15) is 0 Å². The van der Waals surface area contributed by atoms with E-state index >= 15 is 0 Å². The van der Waals surface area contributed by atoms with Crippen molar-refractivity contribution in [3.05, 3.63) is 83.1 Å². The fourth-order valence-electron chi connectivity index (χ4n) is 3.24. The average Bonchev–Trinajstić information content (AvgIpc) is 3.48. The number of amides is 1. The van der Waals surface area contributed by atoms with E-state index in [-0.39, 0.29) is 12.5 Å². The predicted molar refractivity (Wildman–Crippen MR) is 121 cm³/mol. The van der Waals surface area contributed by atoms with E-state index in [1.54, 1.807) is 31.4 Å². The summed E-state index contributed by atoms with van der Waals surface area (Å²) in [6.45, 7) is 2.24. The van der Waals surface area contributed by atoms with Gasteiger partial charge in [0.2, 0.25) is 0 Å². The molecule has 0 saturated carbocycles. The van der Waals surface area contributed by atoms with Crippen LogP contribution in [0.3, 0.4) is 0 Å². The molecule has 31 heavy (non-hydrogen) atoms. The standard InChI is InChI=1S/C24H22N2O4S/c1-16-6-4-7-17(12-16)23(27)26(14-19-8-5-11-30-19)24-25-21(15-31-24)20-13-18(28-2)9-10-22(20)29-3/h4-13,15H,14H2,1-3H3. The van der Waals surface area contributed by atoms with Gasteiger partial charge in [0.15, 0.2) is 5.13 Å². The highest BCUT2D eigenvalue weighted by molar-refractivity contribution is 7.14. The third kappa shape index (κ3) is 4.46. The lowest BCUT2D eigenvalue weighted by atomic mass is 10.1. The number of aryl methyl sites for hydroxylation is 1. The summed E-state index contributed by atoms with van der Waals surface area (Å²) in [6.07, 6.45) is 1.60. The molecule has 2 heterocycles. The molecule has 6 nitrogen and oxygen atoms in total. The van der Waals surface area contributed by atoms with E-state index in [4.69, 9.17) is 18.9 Å². The third-order valence-electron chi connectivity index (χ3n) is 4.81. The smallest absolute Gasteiger partial charge is 0.260 e. The second kappa shape index (κ2) is 9.06. The zero-order valence-electron chi connectivity index (χ0n) is 17.5. The first-order chi connectivity index (χ1) is 15.1. The van der Waals surface area contributed by atoms with Crippen molar-refractivity contribution >= 4 is 22.4 Å². The predicted octanol–water partition coefficient (Wildman–Crippen LogP) is 5.58. The first-order valence-electron chi connectivity index (χ1n) is 9.68. The molecule has 0 atom stereocenters. The van der Waals surface area contributed by atoms with E-state index in [1.807, 2.05) is 60.8 Å². The molecule has 2 aromatic heterocycles. The van der Waals surface area contributed by atoms with E-state index in [9.17, 15) is 4.79 Å². The lowest BCUT2D eigenvalue weighted by Crippen LogP contribution is -2.30. The van der Waals surface area contributed by atoms with Crippen LogP contribution in [0.5, 0.6) is 11.5 Å². The van der Waals surface area contributed by atoms with Crippen LogP contribution in [0.2, 0.25) is 0 Å². The molecule has 0 N–H and O–H groups in total. The van der Waals surface area contributed by atoms with E-state index < -0.39 is 0 Å². The van der Waals surface area contributed by atoms with Crippen molar-refractivity contribution in [3.63, 3.8) is 0 Å². The first-order valence-corrected chi connectivity index (χ1v) is 10.6. The molecule has 0 bridgehead atoms. The SMILES string of the molecule is COc1ccc(OC)c(-c2csc(N(Cc3ccco3)C(=O)c3cccc(C)c3)n2)c1. The van der Waals surface area contributed by atoms with Gasteiger partial charge in [0.1, 0.15) is 17.3 Å². The molecule has 158 valence electrons. The normalized spacial score (nSPS) is 10.7. The molecule has 0 aliphatic rings. The second-order valence-electron chi connectivity index (χ2n) is 6.92. The van der Waals surface area contributed by atoms with Crippen molar-refractivity contribution in [1.82, 2.24) is 4.98 Å². The summed E-state index contributed by atoms with van der Waals surface area (Å²) in [5.74, 6) is 1.92. The number of anilines is 1. The minimum Gasteiger partial charge on any atom is -0.497 e. The van der Waals surface area contributed by atoms with E-state index in [2.05, 4.69) is 0 Å². The number of nitrogens with zero attached hydrogens (tertiary/aromatic N) is 2. The van der Waals surface area contributed by atoms with Crippen LogP contribution >= 0.6 is 11.3 Å². The van der Waals surface area contributed by atoms with E-state index in [1.165, 1.54) is 11.3 Å². The number of carbonyl (C=O) groups excluding carboxylic acids is 1. The fourth-order valence-corrected chi connectivity index (χ4v) is 4.07. The number of rotatable bonds is 7. The Balaban J connectivity index is 1.73. The topological polar surface area (TPSA) is 64.8 Å². The average molecular weight is 435 g/mol. The molecule has 1 amide bonds. The summed E-state index contributed by atoms with van der Waals surface area (Å²) in [7, 11) is 3.23. The van der Waals surface area contributed by atoms with E-state index in [0.717, 1.165) is 11.1 Å². The maximum Gasteiger partial charge on any atom is 0.260 e. The van der Waals surface area contributed by atoms with Gasteiger partial charge in [-0.25, -0.2) is 4.98 Å². The Morgan fingerprint density at radius 3 is 2.68 bits per heavy atom. The molecule has 0 aliphatic heterocycles. The Hall–Kier alpha value is -3.58. The zero-order chi connectivity index (χ0) is 21.8. The lowest BCUT2D eigenvalue weighted by Gasteiger charge is -2.19. The maximum atomic E-state index is 13.4. The van der Waals surface area contributed by atoms with Crippen molar-refractivity contribution in [2.45, 2.75) is 13.5 Å². The molecular formula is C24H22N2O4S. The van der Waals surface area contributed by atoms with Crippen LogP contribution < -0.4 is 14.4 Å². The van der Waals surface area contributed by atoms with Gasteiger partial charge in [0.25, 0.3) is 5.91 Å². The molecule has 0 radical (unpaired) electrons. The first kappa shape index (κ1) is 20.7. The van der Waals surface area contributed by atoms with Gasteiger partial charge in [-0.15, -0.1) is 11.3 Å². The van der Waals surface area contributed by atoms with Crippen molar-refractivity contribution in [2.24, 2.45) is 0 Å². The summed E-state index contributed by atoms with van der Waals surface area (Å²) in [6, 6.07) is 16.7. The molecular weight excluding hydrogens is 412 g/mol. The number of hydrogen-bond acceptors (Lipinski definition) is 6. The summed E-state index contributed by atoms with van der Waals surface area (Å²) >= 11 is 1.39. The highest BCUT2D eigenvalue weighted by atomic mass is 32.1. The summed E-state index contributed by atoms with van der Waals surface area (Å²) in [5.41, 5.74) is 3.12. The van der Waals surface area contributed by atoms with Crippen molar-refractivity contribution < 1.29 is 18.7 Å². The maximum absolute atomic E-state index is 13.4. The van der Waals surface area contributed by atoms with Gasteiger partial charge < -0.3 is 13.9 Å². The molecule has 7 heteroatoms. The monoisotopic (exact) mass is 434 g/mol. The highest BCUT2D eigenvalue weighted by Crippen LogP contribution is 2.36. The zero-order valence-corrected chi connectivity index (χ0v) is 18.3. The molecule has 0 fully saturated rings. The number of methoxy groups -OCH3 is 2. The number of ether oxygens (including phenoxy) is 2. The Bertz CT molecular complexity index is 1180. The summed E-state index contributed by atoms with van der Waals surface area (Å²) in [5, 5.41) is 2.48. The largest absolute Gasteiger partial charge is 0.497 e. The minimum atomic E-state index is -0.140. The van der Waals surface area contributed by atoms with Crippen LogP contribution in [0.4, 0.5) is 5.13 Å². The van der Waals surface area contributed by atoms with Crippen molar-refractivity contribution in [3.8, 4) is 22.8 Å². The van der Waals surface area contributed by atoms with Gasteiger partial charge in [-0.1, -0.05) is 17.7 Å². The van der Waals surface area contributed by atoms with Gasteiger partial charge in [-0.3, -0.25) is 9.69 Å². The van der Waals surface area contributed by atoms with Gasteiger partial charge in [0, 0.05) is 16.5 Å². The van der Waals surface area contributed by atoms with Gasteiger partial charge in [-0.05, 0) is 49.4 Å². The van der Waals surface area contributed by atoms with Crippen LogP contribution in [-0.4, -0.2) is 25.1 Å². The minimum absolute atomic E-state index is 0.140. The number of benzene rings is 2. The van der Waals surface area contributed by atoms with Crippen LogP contribution in [0, 0.1) is 6.92 Å². The Kier molecular flexibility index (Phi) is 6.04. The van der Waals surface area contributed by atoms with E-state index in [0.29, 0.717) is 33.6 Å². The number of thiazole rings is 1. The quantitative estimate of drug-likeness (QED) is 0.380. The third-order valence-corrected chi connectivity index (χ3v) is 5.67. The summed E-state index contributed by atoms with van der Waals surface area (Å²) < 4.78 is 16.3. The molecule has 0 aliphatic carbocycles. The van der Waals surface area contributed by atoms with Crippen LogP contribution in [0.25, 0.3) is 11.3 Å². The Morgan fingerprint density at radius 1 is 1.10 bits per heavy atom. The van der Waals surface area contributed by atoms with Gasteiger partial charge in [0.05, 0.1) is 32.7 Å². The Labute approximate surface area is 184 Å². The Morgan fingerprint density at radius 2 is 1.97 bits per heavy atom. The molecule has 4 rings (SSSR count).